The zero-order chi connectivity index (χ0) is 13.8. The van der Waals surface area contributed by atoms with Crippen LogP contribution in [0.15, 0.2) is 18.2 Å². The largest absolute Gasteiger partial charge is 0.351 e. The molecule has 0 aromatic heterocycles. The quantitative estimate of drug-likeness (QED) is 0.743. The molecule has 0 aliphatic heterocycles. The summed E-state index contributed by atoms with van der Waals surface area (Å²) in [5.74, 6) is -0.383. The zero-order valence-corrected chi connectivity index (χ0v) is 13.1. The molecular weight excluding hydrogens is 367 g/mol. The molecule has 0 unspecified atom stereocenters. The van der Waals surface area contributed by atoms with Gasteiger partial charge in [0.25, 0.3) is 5.91 Å². The fourth-order valence-electron chi connectivity index (χ4n) is 1.32. The van der Waals surface area contributed by atoms with Crippen molar-refractivity contribution in [3.8, 4) is 0 Å². The van der Waals surface area contributed by atoms with Crippen molar-refractivity contribution in [2.45, 2.75) is 6.92 Å². The van der Waals surface area contributed by atoms with Gasteiger partial charge in [0.2, 0.25) is 10.0 Å². The normalized spacial score (nSPS) is 11.3. The van der Waals surface area contributed by atoms with Gasteiger partial charge in [0.05, 0.1) is 11.3 Å². The first-order valence-corrected chi connectivity index (χ1v) is 8.05. The Bertz CT molecular complexity index is 543. The lowest BCUT2D eigenvalue weighted by Crippen LogP contribution is -2.33. The molecule has 5 nitrogen and oxygen atoms in total. The van der Waals surface area contributed by atoms with Crippen molar-refractivity contribution < 1.29 is 13.2 Å². The van der Waals surface area contributed by atoms with Crippen LogP contribution < -0.4 is 10.0 Å². The van der Waals surface area contributed by atoms with Gasteiger partial charge in [0, 0.05) is 10.1 Å². The summed E-state index contributed by atoms with van der Waals surface area (Å²) in [6.07, 6.45) is 0. The van der Waals surface area contributed by atoms with Crippen LogP contribution >= 0.6 is 22.6 Å². The van der Waals surface area contributed by atoms with Crippen LogP contribution in [0.1, 0.15) is 15.9 Å². The smallest absolute Gasteiger partial charge is 0.252 e. The standard InChI is InChI=1S/C11H15IN2O3S/c1-8-4-3-5-9(10(8)12)11(15)14-6-7-18(16,17)13-2/h3-5,13H,6-7H2,1-2H3,(H,14,15). The molecular formula is C11H15IN2O3S. The number of carbonyl (C=O) groups excluding carboxylic acids is 1. The molecule has 0 spiro atoms. The highest BCUT2D eigenvalue weighted by atomic mass is 127. The summed E-state index contributed by atoms with van der Waals surface area (Å²) in [6, 6.07) is 5.44. The third-order valence-corrected chi connectivity index (χ3v) is 5.20. The van der Waals surface area contributed by atoms with E-state index in [0.29, 0.717) is 5.56 Å². The van der Waals surface area contributed by atoms with Crippen LogP contribution in [0, 0.1) is 10.5 Å². The molecule has 1 aromatic carbocycles. The Morgan fingerprint density at radius 1 is 1.39 bits per heavy atom. The number of aryl methyl sites for hydroxylation is 1. The van der Waals surface area contributed by atoms with Crippen molar-refractivity contribution in [3.05, 3.63) is 32.9 Å². The van der Waals surface area contributed by atoms with Crippen molar-refractivity contribution in [1.82, 2.24) is 10.0 Å². The van der Waals surface area contributed by atoms with E-state index in [1.807, 2.05) is 13.0 Å². The Morgan fingerprint density at radius 2 is 2.06 bits per heavy atom. The molecule has 0 atom stereocenters. The van der Waals surface area contributed by atoms with Crippen molar-refractivity contribution in [2.75, 3.05) is 19.3 Å². The van der Waals surface area contributed by atoms with E-state index in [2.05, 4.69) is 32.6 Å². The van der Waals surface area contributed by atoms with Crippen LogP contribution in [0.4, 0.5) is 0 Å². The molecule has 0 fully saturated rings. The van der Waals surface area contributed by atoms with Crippen LogP contribution in [0.2, 0.25) is 0 Å². The number of benzene rings is 1. The highest BCUT2D eigenvalue weighted by Crippen LogP contribution is 2.16. The summed E-state index contributed by atoms with van der Waals surface area (Å²) in [7, 11) is -1.93. The third kappa shape index (κ3) is 4.21. The van der Waals surface area contributed by atoms with Crippen molar-refractivity contribution >= 4 is 38.5 Å². The Morgan fingerprint density at radius 3 is 2.67 bits per heavy atom. The second kappa shape index (κ2) is 6.48. The Balaban J connectivity index is 2.64. The third-order valence-electron chi connectivity index (χ3n) is 2.40. The van der Waals surface area contributed by atoms with E-state index in [0.717, 1.165) is 9.13 Å². The lowest BCUT2D eigenvalue weighted by atomic mass is 10.1. The number of amides is 1. The van der Waals surface area contributed by atoms with Crippen LogP contribution in [-0.2, 0) is 10.0 Å². The van der Waals surface area contributed by atoms with Crippen LogP contribution in [0.25, 0.3) is 0 Å². The fourth-order valence-corrected chi connectivity index (χ4v) is 2.50. The number of carbonyl (C=O) groups is 1. The number of hydrogen-bond donors (Lipinski definition) is 2. The van der Waals surface area contributed by atoms with Crippen molar-refractivity contribution in [3.63, 3.8) is 0 Å². The van der Waals surface area contributed by atoms with E-state index in [-0.39, 0.29) is 18.2 Å². The molecule has 7 heteroatoms. The molecule has 0 bridgehead atoms. The van der Waals surface area contributed by atoms with E-state index in [1.165, 1.54) is 7.05 Å². The molecule has 0 radical (unpaired) electrons. The summed E-state index contributed by atoms with van der Waals surface area (Å²) < 4.78 is 25.4. The highest BCUT2D eigenvalue weighted by molar-refractivity contribution is 14.1. The number of hydrogen-bond acceptors (Lipinski definition) is 3. The minimum Gasteiger partial charge on any atom is -0.351 e. The molecule has 1 rings (SSSR count). The van der Waals surface area contributed by atoms with Crippen LogP contribution in [-0.4, -0.2) is 33.7 Å². The second-order valence-corrected chi connectivity index (χ2v) is 6.84. The zero-order valence-electron chi connectivity index (χ0n) is 10.2. The summed E-state index contributed by atoms with van der Waals surface area (Å²) in [4.78, 5) is 11.9. The number of halogens is 1. The highest BCUT2D eigenvalue weighted by Gasteiger charge is 2.12. The maximum absolute atomic E-state index is 11.9. The van der Waals surface area contributed by atoms with Gasteiger partial charge in [0.1, 0.15) is 0 Å². The minimum atomic E-state index is -3.28. The van der Waals surface area contributed by atoms with E-state index < -0.39 is 10.0 Å². The molecule has 1 aromatic rings. The Hall–Kier alpha value is -0.670. The van der Waals surface area contributed by atoms with Gasteiger partial charge >= 0.3 is 0 Å². The maximum atomic E-state index is 11.9. The summed E-state index contributed by atoms with van der Waals surface area (Å²) in [6.45, 7) is 2.01. The summed E-state index contributed by atoms with van der Waals surface area (Å²) >= 11 is 2.10. The molecule has 100 valence electrons. The lowest BCUT2D eigenvalue weighted by Gasteiger charge is -2.08. The van der Waals surface area contributed by atoms with Gasteiger partial charge in [-0.2, -0.15) is 0 Å². The second-order valence-electron chi connectivity index (χ2n) is 3.72. The van der Waals surface area contributed by atoms with Crippen LogP contribution in [0.5, 0.6) is 0 Å². The van der Waals surface area contributed by atoms with Gasteiger partial charge in [-0.1, -0.05) is 12.1 Å². The SMILES string of the molecule is CNS(=O)(=O)CCNC(=O)c1cccc(C)c1I. The van der Waals surface area contributed by atoms with Gasteiger partial charge in [-0.05, 0) is 48.2 Å². The molecule has 0 heterocycles. The van der Waals surface area contributed by atoms with E-state index in [9.17, 15) is 13.2 Å². The molecule has 0 aliphatic carbocycles. The van der Waals surface area contributed by atoms with Gasteiger partial charge in [-0.15, -0.1) is 0 Å². The van der Waals surface area contributed by atoms with Crippen molar-refractivity contribution in [1.29, 1.82) is 0 Å². The molecule has 2 N–H and O–H groups in total. The first kappa shape index (κ1) is 15.4. The molecule has 0 aliphatic rings. The number of nitrogens with one attached hydrogen (secondary N) is 2. The predicted molar refractivity (Wildman–Crippen MR) is 79.1 cm³/mol. The molecule has 0 saturated heterocycles. The maximum Gasteiger partial charge on any atom is 0.252 e. The predicted octanol–water partition coefficient (Wildman–Crippen LogP) is 0.879. The van der Waals surface area contributed by atoms with Gasteiger partial charge in [-0.3, -0.25) is 4.79 Å². The Labute approximate surface area is 121 Å². The fraction of sp³-hybridized carbons (Fsp3) is 0.364. The molecule has 1 amide bonds. The van der Waals surface area contributed by atoms with Gasteiger partial charge < -0.3 is 5.32 Å². The minimum absolute atomic E-state index is 0.0893. The lowest BCUT2D eigenvalue weighted by molar-refractivity contribution is 0.0955. The number of sulfonamides is 1. The van der Waals surface area contributed by atoms with E-state index in [1.54, 1.807) is 12.1 Å². The first-order valence-electron chi connectivity index (χ1n) is 5.32. The molecule has 0 saturated carbocycles. The summed E-state index contributed by atoms with van der Waals surface area (Å²) in [5, 5.41) is 2.59. The average molecular weight is 382 g/mol. The topological polar surface area (TPSA) is 75.3 Å². The Kier molecular flexibility index (Phi) is 5.54. The van der Waals surface area contributed by atoms with Gasteiger partial charge in [-0.25, -0.2) is 13.1 Å². The van der Waals surface area contributed by atoms with Crippen molar-refractivity contribution in [2.24, 2.45) is 0 Å². The first-order chi connectivity index (χ1) is 8.37. The summed E-state index contributed by atoms with van der Waals surface area (Å²) in [5.41, 5.74) is 1.59. The number of rotatable bonds is 5. The van der Waals surface area contributed by atoms with E-state index in [4.69, 9.17) is 0 Å². The molecule has 18 heavy (non-hydrogen) atoms. The monoisotopic (exact) mass is 382 g/mol. The van der Waals surface area contributed by atoms with Gasteiger partial charge in [0.15, 0.2) is 0 Å². The average Bonchev–Trinajstić information content (AvgIpc) is 2.32. The van der Waals surface area contributed by atoms with E-state index >= 15 is 0 Å². The van der Waals surface area contributed by atoms with Crippen LogP contribution in [0.3, 0.4) is 0 Å².